The quantitative estimate of drug-likeness (QED) is 0.873. The van der Waals surface area contributed by atoms with Crippen LogP contribution in [0, 0.1) is 0 Å². The van der Waals surface area contributed by atoms with Crippen molar-refractivity contribution in [3.05, 3.63) is 35.4 Å². The van der Waals surface area contributed by atoms with Gasteiger partial charge >= 0.3 is 6.18 Å². The maximum Gasteiger partial charge on any atom is 0.416 e. The summed E-state index contributed by atoms with van der Waals surface area (Å²) >= 11 is 0. The van der Waals surface area contributed by atoms with Gasteiger partial charge in [0.05, 0.1) is 5.56 Å². The van der Waals surface area contributed by atoms with E-state index in [-0.39, 0.29) is 17.7 Å². The van der Waals surface area contributed by atoms with Crippen LogP contribution in [0.25, 0.3) is 0 Å². The highest BCUT2D eigenvalue weighted by molar-refractivity contribution is 5.90. The van der Waals surface area contributed by atoms with Crippen LogP contribution < -0.4 is 10.6 Å². The molecule has 1 heterocycles. The fourth-order valence-electron chi connectivity index (χ4n) is 2.53. The molecule has 2 atom stereocenters. The fourth-order valence-corrected chi connectivity index (χ4v) is 2.53. The van der Waals surface area contributed by atoms with Crippen molar-refractivity contribution in [3.63, 3.8) is 0 Å². The summed E-state index contributed by atoms with van der Waals surface area (Å²) in [5.41, 5.74) is -0.0807. The van der Waals surface area contributed by atoms with Gasteiger partial charge in [0.15, 0.2) is 0 Å². The minimum atomic E-state index is -4.36. The summed E-state index contributed by atoms with van der Waals surface area (Å²) < 4.78 is 38.1. The van der Waals surface area contributed by atoms with E-state index in [9.17, 15) is 22.8 Å². The van der Waals surface area contributed by atoms with Crippen LogP contribution in [0.15, 0.2) is 24.3 Å². The highest BCUT2D eigenvalue weighted by Gasteiger charge is 2.30. The third-order valence-electron chi connectivity index (χ3n) is 3.97. The van der Waals surface area contributed by atoms with Crippen LogP contribution in [0.3, 0.4) is 0 Å². The number of nitrogens with one attached hydrogen (secondary N) is 2. The number of rotatable bonds is 5. The number of hydrogen-bond donors (Lipinski definition) is 2. The molecule has 2 rings (SSSR count). The molecule has 4 nitrogen and oxygen atoms in total. The van der Waals surface area contributed by atoms with Crippen molar-refractivity contribution in [3.8, 4) is 0 Å². The molecule has 0 bridgehead atoms. The molecular formula is C16H19F3N2O2. The summed E-state index contributed by atoms with van der Waals surface area (Å²) in [6.07, 6.45) is -3.01. The average molecular weight is 328 g/mol. The lowest BCUT2D eigenvalue weighted by molar-refractivity contribution is -0.137. The molecule has 1 fully saturated rings. The van der Waals surface area contributed by atoms with Crippen LogP contribution in [0.5, 0.6) is 0 Å². The molecule has 7 heteroatoms. The van der Waals surface area contributed by atoms with Crippen LogP contribution in [0.1, 0.15) is 43.2 Å². The number of carbonyl (C=O) groups is 2. The van der Waals surface area contributed by atoms with Gasteiger partial charge in [0.2, 0.25) is 11.8 Å². The van der Waals surface area contributed by atoms with E-state index < -0.39 is 17.8 Å². The first kappa shape index (κ1) is 17.3. The zero-order chi connectivity index (χ0) is 17.0. The number of amides is 2. The summed E-state index contributed by atoms with van der Waals surface area (Å²) in [5.74, 6) is -0.495. The molecule has 0 aliphatic carbocycles. The monoisotopic (exact) mass is 328 g/mol. The fraction of sp³-hybridized carbons (Fsp3) is 0.500. The lowest BCUT2D eigenvalue weighted by Crippen LogP contribution is -2.42. The molecule has 126 valence electrons. The molecule has 1 saturated heterocycles. The highest BCUT2D eigenvalue weighted by Crippen LogP contribution is 2.31. The van der Waals surface area contributed by atoms with Crippen molar-refractivity contribution in [1.29, 1.82) is 0 Å². The number of halogens is 3. The molecule has 1 aliphatic rings. The Morgan fingerprint density at radius 3 is 2.78 bits per heavy atom. The summed E-state index contributed by atoms with van der Waals surface area (Å²) in [6, 6.07) is 4.73. The maximum atomic E-state index is 12.7. The van der Waals surface area contributed by atoms with E-state index in [0.717, 1.165) is 12.1 Å². The molecule has 1 aromatic carbocycles. The molecule has 1 aromatic rings. The van der Waals surface area contributed by atoms with Gasteiger partial charge in [-0.1, -0.05) is 25.1 Å². The minimum absolute atomic E-state index is 0.115. The van der Waals surface area contributed by atoms with Gasteiger partial charge in [-0.3, -0.25) is 9.59 Å². The van der Waals surface area contributed by atoms with Crippen molar-refractivity contribution in [2.24, 2.45) is 0 Å². The Hall–Kier alpha value is -2.05. The third kappa shape index (κ3) is 4.71. The summed E-state index contributed by atoms with van der Waals surface area (Å²) in [4.78, 5) is 22.9. The van der Waals surface area contributed by atoms with E-state index in [1.165, 1.54) is 6.07 Å². The number of benzene rings is 1. The smallest absolute Gasteiger partial charge is 0.354 e. The maximum absolute atomic E-state index is 12.7. The number of carbonyl (C=O) groups excluding carboxylic acids is 2. The predicted molar refractivity (Wildman–Crippen MR) is 78.7 cm³/mol. The van der Waals surface area contributed by atoms with Gasteiger partial charge in [-0.2, -0.15) is 13.2 Å². The van der Waals surface area contributed by atoms with Crippen molar-refractivity contribution >= 4 is 11.8 Å². The zero-order valence-corrected chi connectivity index (χ0v) is 12.7. The first-order valence-corrected chi connectivity index (χ1v) is 7.51. The van der Waals surface area contributed by atoms with Crippen molar-refractivity contribution in [1.82, 2.24) is 10.6 Å². The Balaban J connectivity index is 1.84. The molecule has 2 N–H and O–H groups in total. The van der Waals surface area contributed by atoms with E-state index in [1.807, 2.05) is 6.92 Å². The Morgan fingerprint density at radius 2 is 2.17 bits per heavy atom. The second-order valence-corrected chi connectivity index (χ2v) is 5.76. The van der Waals surface area contributed by atoms with Crippen molar-refractivity contribution < 1.29 is 22.8 Å². The Morgan fingerprint density at radius 1 is 1.43 bits per heavy atom. The number of alkyl halides is 3. The summed E-state index contributed by atoms with van der Waals surface area (Å²) in [6.45, 7) is 2.17. The SMILES string of the molecule is CC(CCNC(=O)C1CCC(=O)N1)c1cccc(C(F)(F)F)c1. The Kier molecular flexibility index (Phi) is 5.28. The standard InChI is InChI=1S/C16H19F3N2O2/c1-10(11-3-2-4-12(9-11)16(17,18)19)7-8-20-15(23)13-5-6-14(22)21-13/h2-4,9-10,13H,5-8H2,1H3,(H,20,23)(H,21,22). The van der Waals surface area contributed by atoms with E-state index in [2.05, 4.69) is 10.6 Å². The van der Waals surface area contributed by atoms with Gasteiger partial charge in [-0.25, -0.2) is 0 Å². The van der Waals surface area contributed by atoms with Crippen molar-refractivity contribution in [2.45, 2.75) is 44.3 Å². The molecule has 2 amide bonds. The molecule has 0 saturated carbocycles. The third-order valence-corrected chi connectivity index (χ3v) is 3.97. The average Bonchev–Trinajstić information content (AvgIpc) is 2.93. The largest absolute Gasteiger partial charge is 0.416 e. The highest BCUT2D eigenvalue weighted by atomic mass is 19.4. The molecule has 23 heavy (non-hydrogen) atoms. The van der Waals surface area contributed by atoms with Crippen LogP contribution in [0.2, 0.25) is 0 Å². The summed E-state index contributed by atoms with van der Waals surface area (Å²) in [7, 11) is 0. The molecule has 0 radical (unpaired) electrons. The lowest BCUT2D eigenvalue weighted by atomic mass is 9.96. The first-order valence-electron chi connectivity index (χ1n) is 7.51. The van der Waals surface area contributed by atoms with Gasteiger partial charge in [0.1, 0.15) is 6.04 Å². The Bertz CT molecular complexity index is 587. The van der Waals surface area contributed by atoms with Gasteiger partial charge in [-0.05, 0) is 30.4 Å². The van der Waals surface area contributed by atoms with Gasteiger partial charge in [0, 0.05) is 13.0 Å². The van der Waals surface area contributed by atoms with E-state index in [1.54, 1.807) is 6.07 Å². The Labute approximate surface area is 132 Å². The van der Waals surface area contributed by atoms with E-state index >= 15 is 0 Å². The molecule has 0 spiro atoms. The van der Waals surface area contributed by atoms with Gasteiger partial charge in [-0.15, -0.1) is 0 Å². The zero-order valence-electron chi connectivity index (χ0n) is 12.7. The molecule has 1 aliphatic heterocycles. The van der Waals surface area contributed by atoms with E-state index in [0.29, 0.717) is 31.4 Å². The molecular weight excluding hydrogens is 309 g/mol. The van der Waals surface area contributed by atoms with E-state index in [4.69, 9.17) is 0 Å². The van der Waals surface area contributed by atoms with Gasteiger partial charge in [0.25, 0.3) is 0 Å². The normalized spacial score (nSPS) is 19.3. The van der Waals surface area contributed by atoms with Crippen LogP contribution in [0.4, 0.5) is 13.2 Å². The van der Waals surface area contributed by atoms with Crippen LogP contribution >= 0.6 is 0 Å². The lowest BCUT2D eigenvalue weighted by Gasteiger charge is -2.16. The minimum Gasteiger partial charge on any atom is -0.354 e. The van der Waals surface area contributed by atoms with Crippen LogP contribution in [-0.4, -0.2) is 24.4 Å². The topological polar surface area (TPSA) is 58.2 Å². The molecule has 0 aromatic heterocycles. The molecule has 2 unspecified atom stereocenters. The predicted octanol–water partition coefficient (Wildman–Crippen LogP) is 2.59. The van der Waals surface area contributed by atoms with Crippen LogP contribution in [-0.2, 0) is 15.8 Å². The summed E-state index contributed by atoms with van der Waals surface area (Å²) in [5, 5.41) is 5.29. The second-order valence-electron chi connectivity index (χ2n) is 5.76. The van der Waals surface area contributed by atoms with Crippen molar-refractivity contribution in [2.75, 3.05) is 6.54 Å². The first-order chi connectivity index (χ1) is 10.8. The number of hydrogen-bond acceptors (Lipinski definition) is 2. The second kappa shape index (κ2) is 7.02. The van der Waals surface area contributed by atoms with Gasteiger partial charge < -0.3 is 10.6 Å².